The van der Waals surface area contributed by atoms with Crippen molar-refractivity contribution in [1.29, 1.82) is 0 Å². The van der Waals surface area contributed by atoms with Gasteiger partial charge in [-0.05, 0) is 49.2 Å². The summed E-state index contributed by atoms with van der Waals surface area (Å²) in [5.41, 5.74) is 2.60. The highest BCUT2D eigenvalue weighted by Crippen LogP contribution is 2.25. The van der Waals surface area contributed by atoms with Crippen LogP contribution in [0.25, 0.3) is 10.6 Å². The number of carbonyl (C=O) groups is 1. The summed E-state index contributed by atoms with van der Waals surface area (Å²) in [6.45, 7) is 2.25. The third-order valence-electron chi connectivity index (χ3n) is 3.76. The standard InChI is InChI=1S/C20H19FN2O2S/c1-14-13-26-20(23-14)16-6-8-17(9-7-16)25-12-19(24)22-11-10-15-4-2-3-5-18(15)21/h2-9,13H,10-12H2,1H3,(H,22,24). The molecule has 0 aliphatic heterocycles. The molecule has 0 aliphatic carbocycles. The van der Waals surface area contributed by atoms with Crippen LogP contribution in [0.3, 0.4) is 0 Å². The predicted molar refractivity (Wildman–Crippen MR) is 101 cm³/mol. The number of amides is 1. The number of ether oxygens (including phenoxy) is 1. The second-order valence-corrected chi connectivity index (χ2v) is 6.66. The average molecular weight is 370 g/mol. The van der Waals surface area contributed by atoms with Crippen LogP contribution in [0.4, 0.5) is 4.39 Å². The second kappa shape index (κ2) is 8.58. The lowest BCUT2D eigenvalue weighted by Gasteiger charge is -2.08. The number of aromatic nitrogens is 1. The zero-order valence-electron chi connectivity index (χ0n) is 14.4. The van der Waals surface area contributed by atoms with E-state index in [1.54, 1.807) is 29.5 Å². The third-order valence-corrected chi connectivity index (χ3v) is 4.77. The number of hydrogen-bond acceptors (Lipinski definition) is 4. The Kier molecular flexibility index (Phi) is 5.96. The molecule has 0 unspecified atom stereocenters. The maximum absolute atomic E-state index is 13.5. The number of nitrogens with zero attached hydrogens (tertiary/aromatic N) is 1. The fraction of sp³-hybridized carbons (Fsp3) is 0.200. The molecule has 0 spiro atoms. The van der Waals surface area contributed by atoms with Gasteiger partial charge in [0, 0.05) is 23.2 Å². The van der Waals surface area contributed by atoms with Gasteiger partial charge < -0.3 is 10.1 Å². The SMILES string of the molecule is Cc1csc(-c2ccc(OCC(=O)NCCc3ccccc3F)cc2)n1. The molecule has 0 radical (unpaired) electrons. The van der Waals surface area contributed by atoms with Crippen molar-refractivity contribution in [1.82, 2.24) is 10.3 Å². The molecule has 26 heavy (non-hydrogen) atoms. The number of aryl methyl sites for hydroxylation is 1. The molecule has 3 rings (SSSR count). The minimum atomic E-state index is -0.256. The first-order valence-electron chi connectivity index (χ1n) is 8.27. The zero-order valence-corrected chi connectivity index (χ0v) is 15.2. The number of halogens is 1. The van der Waals surface area contributed by atoms with Crippen molar-refractivity contribution in [2.45, 2.75) is 13.3 Å². The van der Waals surface area contributed by atoms with Crippen molar-refractivity contribution in [2.24, 2.45) is 0 Å². The number of benzene rings is 2. The van der Waals surface area contributed by atoms with Gasteiger partial charge in [0.05, 0.1) is 0 Å². The van der Waals surface area contributed by atoms with Crippen LogP contribution in [0, 0.1) is 12.7 Å². The molecule has 0 fully saturated rings. The Morgan fingerprint density at radius 1 is 1.19 bits per heavy atom. The van der Waals surface area contributed by atoms with Crippen LogP contribution < -0.4 is 10.1 Å². The van der Waals surface area contributed by atoms with Gasteiger partial charge in [0.25, 0.3) is 5.91 Å². The first-order valence-corrected chi connectivity index (χ1v) is 9.15. The molecule has 6 heteroatoms. The summed E-state index contributed by atoms with van der Waals surface area (Å²) >= 11 is 1.59. The second-order valence-electron chi connectivity index (χ2n) is 5.80. The minimum absolute atomic E-state index is 0.0764. The average Bonchev–Trinajstić information content (AvgIpc) is 3.08. The third kappa shape index (κ3) is 4.89. The van der Waals surface area contributed by atoms with Gasteiger partial charge in [0.15, 0.2) is 6.61 Å². The summed E-state index contributed by atoms with van der Waals surface area (Å²) in [5.74, 6) is 0.126. The van der Waals surface area contributed by atoms with E-state index in [9.17, 15) is 9.18 Å². The summed E-state index contributed by atoms with van der Waals surface area (Å²) in [7, 11) is 0. The Hall–Kier alpha value is -2.73. The number of nitrogens with one attached hydrogen (secondary N) is 1. The Bertz CT molecular complexity index is 878. The van der Waals surface area contributed by atoms with E-state index >= 15 is 0 Å². The molecular weight excluding hydrogens is 351 g/mol. The Morgan fingerprint density at radius 3 is 2.65 bits per heavy atom. The molecule has 3 aromatic rings. The molecule has 0 bridgehead atoms. The van der Waals surface area contributed by atoms with Crippen molar-refractivity contribution in [2.75, 3.05) is 13.2 Å². The molecule has 4 nitrogen and oxygen atoms in total. The number of hydrogen-bond donors (Lipinski definition) is 1. The fourth-order valence-corrected chi connectivity index (χ4v) is 3.22. The number of carbonyl (C=O) groups excluding carboxylic acids is 1. The number of thiazole rings is 1. The van der Waals surface area contributed by atoms with Gasteiger partial charge in [0.1, 0.15) is 16.6 Å². The summed E-state index contributed by atoms with van der Waals surface area (Å²) in [6.07, 6.45) is 0.445. The molecule has 1 heterocycles. The van der Waals surface area contributed by atoms with Crippen molar-refractivity contribution in [3.8, 4) is 16.3 Å². The van der Waals surface area contributed by atoms with E-state index in [2.05, 4.69) is 10.3 Å². The van der Waals surface area contributed by atoms with E-state index < -0.39 is 0 Å². The Morgan fingerprint density at radius 2 is 1.96 bits per heavy atom. The summed E-state index contributed by atoms with van der Waals surface area (Å²) in [6, 6.07) is 14.0. The van der Waals surface area contributed by atoms with Crippen molar-refractivity contribution in [3.63, 3.8) is 0 Å². The first-order chi connectivity index (χ1) is 12.6. The Labute approximate surface area is 155 Å². The monoisotopic (exact) mass is 370 g/mol. The van der Waals surface area contributed by atoms with Crippen molar-refractivity contribution in [3.05, 3.63) is 71.0 Å². The zero-order chi connectivity index (χ0) is 18.4. The molecule has 0 saturated carbocycles. The van der Waals surface area contributed by atoms with Crippen LogP contribution >= 0.6 is 11.3 Å². The van der Waals surface area contributed by atoms with Crippen LogP contribution in [-0.2, 0) is 11.2 Å². The maximum atomic E-state index is 13.5. The van der Waals surface area contributed by atoms with E-state index in [0.29, 0.717) is 24.3 Å². The summed E-state index contributed by atoms with van der Waals surface area (Å²) < 4.78 is 19.0. The number of rotatable bonds is 7. The van der Waals surface area contributed by atoms with E-state index in [0.717, 1.165) is 16.3 Å². The van der Waals surface area contributed by atoms with Crippen LogP contribution in [0.2, 0.25) is 0 Å². The first kappa shape index (κ1) is 18.1. The fourth-order valence-electron chi connectivity index (χ4n) is 2.42. The molecule has 1 aromatic heterocycles. The van der Waals surface area contributed by atoms with Gasteiger partial charge in [-0.3, -0.25) is 4.79 Å². The van der Waals surface area contributed by atoms with Crippen LogP contribution in [0.15, 0.2) is 53.9 Å². The molecule has 134 valence electrons. The maximum Gasteiger partial charge on any atom is 0.257 e. The van der Waals surface area contributed by atoms with Crippen molar-refractivity contribution < 1.29 is 13.9 Å². The van der Waals surface area contributed by atoms with Crippen LogP contribution in [-0.4, -0.2) is 24.0 Å². The van der Waals surface area contributed by atoms with Gasteiger partial charge in [-0.1, -0.05) is 18.2 Å². The van der Waals surface area contributed by atoms with E-state index in [1.807, 2.05) is 36.6 Å². The molecule has 1 amide bonds. The topological polar surface area (TPSA) is 51.2 Å². The summed E-state index contributed by atoms with van der Waals surface area (Å²) in [5, 5.41) is 5.69. The molecule has 0 saturated heterocycles. The van der Waals surface area contributed by atoms with Crippen LogP contribution in [0.5, 0.6) is 5.75 Å². The van der Waals surface area contributed by atoms with E-state index in [1.165, 1.54) is 6.07 Å². The highest BCUT2D eigenvalue weighted by atomic mass is 32.1. The summed E-state index contributed by atoms with van der Waals surface area (Å²) in [4.78, 5) is 16.3. The van der Waals surface area contributed by atoms with E-state index in [4.69, 9.17) is 4.74 Å². The molecule has 0 atom stereocenters. The lowest BCUT2D eigenvalue weighted by Crippen LogP contribution is -2.30. The molecule has 2 aromatic carbocycles. The highest BCUT2D eigenvalue weighted by molar-refractivity contribution is 7.13. The van der Waals surface area contributed by atoms with Crippen LogP contribution in [0.1, 0.15) is 11.3 Å². The molecule has 0 aliphatic rings. The lowest BCUT2D eigenvalue weighted by atomic mass is 10.1. The normalized spacial score (nSPS) is 10.5. The van der Waals surface area contributed by atoms with E-state index in [-0.39, 0.29) is 18.3 Å². The van der Waals surface area contributed by atoms with Gasteiger partial charge in [-0.2, -0.15) is 0 Å². The predicted octanol–water partition coefficient (Wildman–Crippen LogP) is 4.00. The lowest BCUT2D eigenvalue weighted by molar-refractivity contribution is -0.123. The minimum Gasteiger partial charge on any atom is -0.484 e. The smallest absolute Gasteiger partial charge is 0.257 e. The van der Waals surface area contributed by atoms with Crippen molar-refractivity contribution >= 4 is 17.2 Å². The molecule has 1 N–H and O–H groups in total. The van der Waals surface area contributed by atoms with Gasteiger partial charge in [0.2, 0.25) is 0 Å². The Balaban J connectivity index is 1.43. The quantitative estimate of drug-likeness (QED) is 0.684. The largest absolute Gasteiger partial charge is 0.484 e. The van der Waals surface area contributed by atoms with Gasteiger partial charge >= 0.3 is 0 Å². The van der Waals surface area contributed by atoms with Gasteiger partial charge in [-0.15, -0.1) is 11.3 Å². The van der Waals surface area contributed by atoms with Gasteiger partial charge in [-0.25, -0.2) is 9.37 Å². The molecular formula is C20H19FN2O2S. The highest BCUT2D eigenvalue weighted by Gasteiger charge is 2.06.